The van der Waals surface area contributed by atoms with Crippen molar-refractivity contribution in [3.8, 4) is 11.8 Å². The lowest BCUT2D eigenvalue weighted by Gasteiger charge is -2.04. The highest BCUT2D eigenvalue weighted by Gasteiger charge is 2.15. The number of aliphatic carboxylic acids is 1. The van der Waals surface area contributed by atoms with Gasteiger partial charge in [0.25, 0.3) is 0 Å². The lowest BCUT2D eigenvalue weighted by atomic mass is 9.99. The largest absolute Gasteiger partial charge is 0.481 e. The highest BCUT2D eigenvalue weighted by Crippen LogP contribution is 2.22. The van der Waals surface area contributed by atoms with Crippen LogP contribution in [0, 0.1) is 23.7 Å². The van der Waals surface area contributed by atoms with Crippen LogP contribution in [-0.4, -0.2) is 11.1 Å². The standard InChI is InChI=1S/C14H12O2/c15-14(16)10-13-7-3-6-12(13)9-8-11-4-1-2-5-11/h1-7,11-12H,10H2,(H,15,16). The fourth-order valence-electron chi connectivity index (χ4n) is 1.72. The van der Waals surface area contributed by atoms with Crippen molar-refractivity contribution in [2.75, 3.05) is 0 Å². The molecule has 0 heterocycles. The molecule has 0 aromatic rings. The summed E-state index contributed by atoms with van der Waals surface area (Å²) in [6.07, 6.45) is 13.7. The summed E-state index contributed by atoms with van der Waals surface area (Å²) in [6, 6.07) is 0. The summed E-state index contributed by atoms with van der Waals surface area (Å²) in [5.74, 6) is 5.57. The van der Waals surface area contributed by atoms with Gasteiger partial charge < -0.3 is 5.11 Å². The molecule has 2 heteroatoms. The second kappa shape index (κ2) is 4.67. The molecule has 0 aromatic carbocycles. The summed E-state index contributed by atoms with van der Waals surface area (Å²) in [7, 11) is 0. The van der Waals surface area contributed by atoms with E-state index in [2.05, 4.69) is 11.8 Å². The maximum Gasteiger partial charge on any atom is 0.307 e. The van der Waals surface area contributed by atoms with Crippen LogP contribution in [0.5, 0.6) is 0 Å². The van der Waals surface area contributed by atoms with Gasteiger partial charge in [-0.15, -0.1) is 0 Å². The van der Waals surface area contributed by atoms with Gasteiger partial charge in [0.1, 0.15) is 0 Å². The van der Waals surface area contributed by atoms with Crippen LogP contribution in [-0.2, 0) is 4.79 Å². The molecule has 80 valence electrons. The molecule has 0 saturated heterocycles. The van der Waals surface area contributed by atoms with Crippen LogP contribution in [0.3, 0.4) is 0 Å². The molecule has 2 nitrogen and oxygen atoms in total. The SMILES string of the molecule is O=C(O)CC1=CC=CC1C#CC1C=CC=C1. The van der Waals surface area contributed by atoms with Crippen LogP contribution in [0.4, 0.5) is 0 Å². The Hall–Kier alpha value is -2.01. The summed E-state index contributed by atoms with van der Waals surface area (Å²) in [5, 5.41) is 8.73. The fourth-order valence-corrected chi connectivity index (χ4v) is 1.72. The zero-order valence-electron chi connectivity index (χ0n) is 8.76. The Morgan fingerprint density at radius 1 is 1.19 bits per heavy atom. The van der Waals surface area contributed by atoms with E-state index in [1.807, 2.05) is 42.5 Å². The maximum atomic E-state index is 10.6. The molecular formula is C14H12O2. The molecule has 16 heavy (non-hydrogen) atoms. The third-order valence-corrected chi connectivity index (χ3v) is 2.52. The van der Waals surface area contributed by atoms with Crippen LogP contribution in [0.1, 0.15) is 6.42 Å². The molecule has 2 rings (SSSR count). The minimum Gasteiger partial charge on any atom is -0.481 e. The van der Waals surface area contributed by atoms with Gasteiger partial charge in [0, 0.05) is 0 Å². The first kappa shape index (κ1) is 10.5. The van der Waals surface area contributed by atoms with Gasteiger partial charge in [-0.25, -0.2) is 0 Å². The van der Waals surface area contributed by atoms with Crippen molar-refractivity contribution in [1.82, 2.24) is 0 Å². The Bertz CT molecular complexity index is 455. The van der Waals surface area contributed by atoms with Crippen molar-refractivity contribution in [2.45, 2.75) is 6.42 Å². The first-order chi connectivity index (χ1) is 7.75. The van der Waals surface area contributed by atoms with Gasteiger partial charge in [0.05, 0.1) is 18.3 Å². The molecule has 1 unspecified atom stereocenters. The van der Waals surface area contributed by atoms with Gasteiger partial charge in [0.15, 0.2) is 0 Å². The topological polar surface area (TPSA) is 37.3 Å². The third kappa shape index (κ3) is 2.52. The van der Waals surface area contributed by atoms with Crippen molar-refractivity contribution < 1.29 is 9.90 Å². The number of rotatable bonds is 2. The highest BCUT2D eigenvalue weighted by atomic mass is 16.4. The molecule has 0 saturated carbocycles. The lowest BCUT2D eigenvalue weighted by Crippen LogP contribution is -2.03. The Labute approximate surface area is 94.7 Å². The van der Waals surface area contributed by atoms with Crippen LogP contribution in [0.15, 0.2) is 48.1 Å². The molecule has 0 bridgehead atoms. The van der Waals surface area contributed by atoms with Crippen LogP contribution in [0.25, 0.3) is 0 Å². The Balaban J connectivity index is 2.01. The van der Waals surface area contributed by atoms with Gasteiger partial charge in [-0.05, 0) is 5.57 Å². The second-order valence-corrected chi connectivity index (χ2v) is 3.76. The molecule has 0 radical (unpaired) electrons. The smallest absolute Gasteiger partial charge is 0.307 e. The maximum absolute atomic E-state index is 10.6. The first-order valence-corrected chi connectivity index (χ1v) is 5.21. The van der Waals surface area contributed by atoms with Gasteiger partial charge in [-0.3, -0.25) is 4.79 Å². The predicted octanol–water partition coefficient (Wildman–Crippen LogP) is 2.32. The van der Waals surface area contributed by atoms with Crippen LogP contribution < -0.4 is 0 Å². The predicted molar refractivity (Wildman–Crippen MR) is 62.5 cm³/mol. The molecule has 2 aliphatic carbocycles. The molecule has 0 spiro atoms. The Morgan fingerprint density at radius 3 is 2.62 bits per heavy atom. The van der Waals surface area contributed by atoms with E-state index in [0.717, 1.165) is 5.57 Å². The quantitative estimate of drug-likeness (QED) is 0.713. The van der Waals surface area contributed by atoms with Crippen molar-refractivity contribution in [3.05, 3.63) is 48.1 Å². The Morgan fingerprint density at radius 2 is 1.94 bits per heavy atom. The van der Waals surface area contributed by atoms with Crippen molar-refractivity contribution in [2.24, 2.45) is 11.8 Å². The lowest BCUT2D eigenvalue weighted by molar-refractivity contribution is -0.136. The summed E-state index contributed by atoms with van der Waals surface area (Å²) >= 11 is 0. The van der Waals surface area contributed by atoms with E-state index in [1.165, 1.54) is 0 Å². The molecule has 0 fully saturated rings. The summed E-state index contributed by atoms with van der Waals surface area (Å²) in [4.78, 5) is 10.6. The molecule has 1 N–H and O–H groups in total. The van der Waals surface area contributed by atoms with Crippen LogP contribution in [0.2, 0.25) is 0 Å². The number of carbonyl (C=O) groups is 1. The average Bonchev–Trinajstić information content (AvgIpc) is 2.84. The number of hydrogen-bond acceptors (Lipinski definition) is 1. The van der Waals surface area contributed by atoms with E-state index in [9.17, 15) is 4.79 Å². The van der Waals surface area contributed by atoms with Crippen molar-refractivity contribution in [1.29, 1.82) is 0 Å². The molecule has 2 aliphatic rings. The molecular weight excluding hydrogens is 200 g/mol. The Kier molecular flexibility index (Phi) is 3.07. The van der Waals surface area contributed by atoms with Gasteiger partial charge in [-0.1, -0.05) is 54.4 Å². The third-order valence-electron chi connectivity index (χ3n) is 2.52. The summed E-state index contributed by atoms with van der Waals surface area (Å²) < 4.78 is 0. The van der Waals surface area contributed by atoms with Crippen molar-refractivity contribution in [3.63, 3.8) is 0 Å². The zero-order valence-corrected chi connectivity index (χ0v) is 8.76. The molecule has 0 amide bonds. The van der Waals surface area contributed by atoms with Crippen molar-refractivity contribution >= 4 is 5.97 Å². The highest BCUT2D eigenvalue weighted by molar-refractivity contribution is 5.71. The van der Waals surface area contributed by atoms with E-state index < -0.39 is 5.97 Å². The zero-order chi connectivity index (χ0) is 11.4. The minimum atomic E-state index is -0.803. The van der Waals surface area contributed by atoms with E-state index >= 15 is 0 Å². The fraction of sp³-hybridized carbons (Fsp3) is 0.214. The molecule has 0 aromatic heterocycles. The van der Waals surface area contributed by atoms with Gasteiger partial charge in [0.2, 0.25) is 0 Å². The molecule has 1 atom stereocenters. The summed E-state index contributed by atoms with van der Waals surface area (Å²) in [6.45, 7) is 0. The van der Waals surface area contributed by atoms with E-state index in [4.69, 9.17) is 5.11 Å². The average molecular weight is 212 g/mol. The van der Waals surface area contributed by atoms with E-state index in [1.54, 1.807) is 0 Å². The monoisotopic (exact) mass is 212 g/mol. The van der Waals surface area contributed by atoms with E-state index in [0.29, 0.717) is 0 Å². The normalized spacial score (nSPS) is 22.0. The summed E-state index contributed by atoms with van der Waals surface area (Å²) in [5.41, 5.74) is 0.867. The minimum absolute atomic E-state index is 0.0292. The number of allylic oxidation sites excluding steroid dienone is 7. The van der Waals surface area contributed by atoms with Gasteiger partial charge >= 0.3 is 5.97 Å². The number of hydrogen-bond donors (Lipinski definition) is 1. The number of carboxylic acids is 1. The van der Waals surface area contributed by atoms with Crippen LogP contribution >= 0.6 is 0 Å². The second-order valence-electron chi connectivity index (χ2n) is 3.76. The molecule has 0 aliphatic heterocycles. The number of carboxylic acid groups (broad SMARTS) is 1. The van der Waals surface area contributed by atoms with E-state index in [-0.39, 0.29) is 18.3 Å². The first-order valence-electron chi connectivity index (χ1n) is 5.21. The van der Waals surface area contributed by atoms with Gasteiger partial charge in [-0.2, -0.15) is 0 Å².